The highest BCUT2D eigenvalue weighted by atomic mass is 32.2. The third-order valence-corrected chi connectivity index (χ3v) is 6.42. The number of hydrogen-bond acceptors (Lipinski definition) is 6. The number of thioether (sulfide) groups is 1. The summed E-state index contributed by atoms with van der Waals surface area (Å²) < 4.78 is 7.33. The normalized spacial score (nSPS) is 10.8. The van der Waals surface area contributed by atoms with Gasteiger partial charge in [0.05, 0.1) is 18.6 Å². The Bertz CT molecular complexity index is 1150. The van der Waals surface area contributed by atoms with Crippen LogP contribution in [0.25, 0.3) is 5.69 Å². The van der Waals surface area contributed by atoms with Crippen LogP contribution in [-0.4, -0.2) is 33.5 Å². The summed E-state index contributed by atoms with van der Waals surface area (Å²) in [4.78, 5) is 13.8. The molecule has 31 heavy (non-hydrogen) atoms. The Hall–Kier alpha value is -3.10. The van der Waals surface area contributed by atoms with Gasteiger partial charge >= 0.3 is 0 Å². The van der Waals surface area contributed by atoms with Crippen LogP contribution in [0.4, 0.5) is 5.69 Å². The topological polar surface area (TPSA) is 69.0 Å². The number of para-hydroxylation sites is 2. The smallest absolute Gasteiger partial charge is 0.234 e. The first kappa shape index (κ1) is 21.1. The lowest BCUT2D eigenvalue weighted by Gasteiger charge is -2.11. The number of ether oxygens (including phenoxy) is 1. The van der Waals surface area contributed by atoms with Gasteiger partial charge in [-0.2, -0.15) is 0 Å². The molecule has 2 heterocycles. The van der Waals surface area contributed by atoms with Crippen LogP contribution in [0.1, 0.15) is 16.3 Å². The van der Waals surface area contributed by atoms with E-state index in [4.69, 9.17) is 4.74 Å². The first-order valence-electron chi connectivity index (χ1n) is 9.73. The fraction of sp³-hybridized carbons (Fsp3) is 0.174. The predicted molar refractivity (Wildman–Crippen MR) is 126 cm³/mol. The fourth-order valence-electron chi connectivity index (χ4n) is 3.09. The molecule has 4 rings (SSSR count). The molecule has 6 nitrogen and oxygen atoms in total. The zero-order valence-electron chi connectivity index (χ0n) is 17.2. The molecular weight excluding hydrogens is 428 g/mol. The van der Waals surface area contributed by atoms with Gasteiger partial charge in [-0.15, -0.1) is 21.5 Å². The minimum absolute atomic E-state index is 0.132. The molecule has 0 aliphatic carbocycles. The Morgan fingerprint density at radius 2 is 1.90 bits per heavy atom. The van der Waals surface area contributed by atoms with E-state index in [0.717, 1.165) is 11.5 Å². The number of benzene rings is 2. The van der Waals surface area contributed by atoms with Crippen molar-refractivity contribution in [2.75, 3.05) is 18.2 Å². The van der Waals surface area contributed by atoms with Crippen LogP contribution in [0.15, 0.2) is 71.2 Å². The Morgan fingerprint density at radius 3 is 2.65 bits per heavy atom. The minimum atomic E-state index is -0.132. The number of methoxy groups -OCH3 is 1. The Morgan fingerprint density at radius 1 is 1.10 bits per heavy atom. The lowest BCUT2D eigenvalue weighted by molar-refractivity contribution is -0.113. The van der Waals surface area contributed by atoms with Crippen molar-refractivity contribution in [1.82, 2.24) is 14.8 Å². The maximum absolute atomic E-state index is 12.6. The maximum atomic E-state index is 12.6. The summed E-state index contributed by atoms with van der Waals surface area (Å²) >= 11 is 3.05. The SMILES string of the molecule is COc1ccccc1NC(=O)CSc1nnc(Cc2cccs2)n1-c1ccc(C)cc1. The molecule has 0 aliphatic heterocycles. The summed E-state index contributed by atoms with van der Waals surface area (Å²) in [6.07, 6.45) is 0.687. The molecule has 0 atom stereocenters. The van der Waals surface area contributed by atoms with Gasteiger partial charge in [0.2, 0.25) is 5.91 Å². The second-order valence-electron chi connectivity index (χ2n) is 6.86. The van der Waals surface area contributed by atoms with Crippen LogP contribution in [0.3, 0.4) is 0 Å². The number of anilines is 1. The van der Waals surface area contributed by atoms with Gasteiger partial charge in [0, 0.05) is 17.0 Å². The van der Waals surface area contributed by atoms with Gasteiger partial charge in [0.15, 0.2) is 5.16 Å². The maximum Gasteiger partial charge on any atom is 0.234 e. The molecule has 0 radical (unpaired) electrons. The molecule has 158 valence electrons. The van der Waals surface area contributed by atoms with Gasteiger partial charge < -0.3 is 10.1 Å². The molecular formula is C23H22N4O2S2. The van der Waals surface area contributed by atoms with Crippen molar-refractivity contribution in [3.8, 4) is 11.4 Å². The molecule has 0 unspecified atom stereocenters. The summed E-state index contributed by atoms with van der Waals surface area (Å²) in [5, 5.41) is 14.5. The lowest BCUT2D eigenvalue weighted by atomic mass is 10.2. The van der Waals surface area contributed by atoms with Gasteiger partial charge in [-0.05, 0) is 42.6 Å². The lowest BCUT2D eigenvalue weighted by Crippen LogP contribution is -2.15. The van der Waals surface area contributed by atoms with Gasteiger partial charge in [0.25, 0.3) is 0 Å². The van der Waals surface area contributed by atoms with E-state index in [1.54, 1.807) is 18.4 Å². The summed E-state index contributed by atoms with van der Waals surface area (Å²) in [6.45, 7) is 2.06. The quantitative estimate of drug-likeness (QED) is 0.384. The van der Waals surface area contributed by atoms with E-state index in [2.05, 4.69) is 58.1 Å². The number of hydrogen-bond donors (Lipinski definition) is 1. The molecule has 0 bridgehead atoms. The van der Waals surface area contributed by atoms with Crippen molar-refractivity contribution in [1.29, 1.82) is 0 Å². The van der Waals surface area contributed by atoms with Crippen molar-refractivity contribution in [3.63, 3.8) is 0 Å². The molecule has 0 saturated carbocycles. The standard InChI is InChI=1S/C23H22N4O2S2/c1-16-9-11-17(12-10-16)27-21(14-18-6-5-13-30-18)25-26-23(27)31-15-22(28)24-19-7-3-4-8-20(19)29-2/h3-13H,14-15H2,1-2H3,(H,24,28). The molecule has 0 saturated heterocycles. The molecule has 1 N–H and O–H groups in total. The third kappa shape index (κ3) is 5.15. The summed E-state index contributed by atoms with van der Waals surface area (Å²) in [7, 11) is 1.58. The predicted octanol–water partition coefficient (Wildman–Crippen LogP) is 4.97. The van der Waals surface area contributed by atoms with Crippen molar-refractivity contribution < 1.29 is 9.53 Å². The van der Waals surface area contributed by atoms with Crippen LogP contribution < -0.4 is 10.1 Å². The molecule has 0 aliphatic rings. The second kappa shape index (κ2) is 9.80. The molecule has 0 fully saturated rings. The highest BCUT2D eigenvalue weighted by Crippen LogP contribution is 2.26. The largest absolute Gasteiger partial charge is 0.495 e. The molecule has 1 amide bonds. The Balaban J connectivity index is 1.54. The van der Waals surface area contributed by atoms with E-state index in [1.807, 2.05) is 34.9 Å². The number of nitrogens with zero attached hydrogens (tertiary/aromatic N) is 3. The number of carbonyl (C=O) groups excluding carboxylic acids is 1. The van der Waals surface area contributed by atoms with E-state index < -0.39 is 0 Å². The summed E-state index contributed by atoms with van der Waals surface area (Å²) in [5.41, 5.74) is 2.81. The van der Waals surface area contributed by atoms with Crippen molar-refractivity contribution in [2.24, 2.45) is 0 Å². The number of amides is 1. The Kier molecular flexibility index (Phi) is 6.69. The molecule has 2 aromatic carbocycles. The van der Waals surface area contributed by atoms with Crippen LogP contribution in [0.2, 0.25) is 0 Å². The van der Waals surface area contributed by atoms with Crippen LogP contribution in [-0.2, 0) is 11.2 Å². The minimum Gasteiger partial charge on any atom is -0.495 e. The van der Waals surface area contributed by atoms with Crippen molar-refractivity contribution >= 4 is 34.7 Å². The zero-order chi connectivity index (χ0) is 21.6. The molecule has 0 spiro atoms. The van der Waals surface area contributed by atoms with E-state index in [9.17, 15) is 4.79 Å². The van der Waals surface area contributed by atoms with Crippen LogP contribution >= 0.6 is 23.1 Å². The van der Waals surface area contributed by atoms with Crippen molar-refractivity contribution in [3.05, 3.63) is 82.3 Å². The number of carbonyl (C=O) groups is 1. The molecule has 4 aromatic rings. The Labute approximate surface area is 189 Å². The average Bonchev–Trinajstić information content (AvgIpc) is 3.44. The monoisotopic (exact) mass is 450 g/mol. The number of nitrogens with one attached hydrogen (secondary N) is 1. The highest BCUT2D eigenvalue weighted by Gasteiger charge is 2.17. The number of aromatic nitrogens is 3. The third-order valence-electron chi connectivity index (χ3n) is 4.62. The zero-order valence-corrected chi connectivity index (χ0v) is 18.9. The average molecular weight is 451 g/mol. The first-order chi connectivity index (χ1) is 15.1. The number of aryl methyl sites for hydroxylation is 1. The first-order valence-corrected chi connectivity index (χ1v) is 11.6. The van der Waals surface area contributed by atoms with Crippen LogP contribution in [0.5, 0.6) is 5.75 Å². The fourth-order valence-corrected chi connectivity index (χ4v) is 4.57. The van der Waals surface area contributed by atoms with Crippen molar-refractivity contribution in [2.45, 2.75) is 18.5 Å². The van der Waals surface area contributed by atoms with E-state index in [-0.39, 0.29) is 11.7 Å². The van der Waals surface area contributed by atoms with Gasteiger partial charge in [-0.3, -0.25) is 9.36 Å². The summed E-state index contributed by atoms with van der Waals surface area (Å²) in [5.74, 6) is 1.55. The number of rotatable bonds is 8. The van der Waals surface area contributed by atoms with E-state index in [0.29, 0.717) is 23.0 Å². The van der Waals surface area contributed by atoms with E-state index in [1.165, 1.54) is 22.2 Å². The van der Waals surface area contributed by atoms with Gasteiger partial charge in [-0.25, -0.2) is 0 Å². The molecule has 2 aromatic heterocycles. The van der Waals surface area contributed by atoms with E-state index >= 15 is 0 Å². The highest BCUT2D eigenvalue weighted by molar-refractivity contribution is 7.99. The molecule has 8 heteroatoms. The number of thiophene rings is 1. The van der Waals surface area contributed by atoms with Gasteiger partial charge in [0.1, 0.15) is 11.6 Å². The van der Waals surface area contributed by atoms with Gasteiger partial charge in [-0.1, -0.05) is 47.7 Å². The summed E-state index contributed by atoms with van der Waals surface area (Å²) in [6, 6.07) is 19.7. The van der Waals surface area contributed by atoms with Crippen LogP contribution in [0, 0.1) is 6.92 Å². The second-order valence-corrected chi connectivity index (χ2v) is 8.84.